The molecule has 0 fully saturated rings. The molecule has 0 atom stereocenters. The van der Waals surface area contributed by atoms with Gasteiger partial charge in [-0.2, -0.15) is 0 Å². The number of thiazole rings is 3. The fourth-order valence-corrected chi connectivity index (χ4v) is 9.46. The molecule has 0 unspecified atom stereocenters. The number of hydrogen-bond donors (Lipinski definition) is 0. The van der Waals surface area contributed by atoms with Gasteiger partial charge in [0.1, 0.15) is 20.8 Å². The lowest BCUT2D eigenvalue weighted by molar-refractivity contribution is -0.143. The molecule has 0 saturated heterocycles. The molecule has 61 heavy (non-hydrogen) atoms. The summed E-state index contributed by atoms with van der Waals surface area (Å²) in [7, 11) is 0. The van der Waals surface area contributed by atoms with E-state index in [-0.39, 0.29) is 12.4 Å². The highest BCUT2D eigenvalue weighted by Gasteiger charge is 2.16. The summed E-state index contributed by atoms with van der Waals surface area (Å²) < 4.78 is 15.1. The van der Waals surface area contributed by atoms with Crippen LogP contribution in [0.4, 0.5) is 17.1 Å². The molecule has 0 aliphatic heterocycles. The van der Waals surface area contributed by atoms with Gasteiger partial charge in [0, 0.05) is 35.1 Å². The van der Waals surface area contributed by atoms with Crippen molar-refractivity contribution in [3.05, 3.63) is 171 Å². The summed E-state index contributed by atoms with van der Waals surface area (Å²) in [4.78, 5) is 28.7. The minimum absolute atomic E-state index is 0.223. The molecule has 9 rings (SSSR count). The molecular weight excluding hydrogens is 813 g/mol. The van der Waals surface area contributed by atoms with Gasteiger partial charge in [0.05, 0.1) is 43.9 Å². The van der Waals surface area contributed by atoms with Crippen LogP contribution in [0.1, 0.15) is 51.5 Å². The molecule has 300 valence electrons. The Morgan fingerprint density at radius 1 is 0.557 bits per heavy atom. The Bertz CT molecular complexity index is 2810. The van der Waals surface area contributed by atoms with Crippen LogP contribution in [0.3, 0.4) is 0 Å². The van der Waals surface area contributed by atoms with Crippen molar-refractivity contribution in [2.75, 3.05) is 18.1 Å². The molecule has 9 aromatic rings. The largest absolute Gasteiger partial charge is 0.493 e. The van der Waals surface area contributed by atoms with E-state index in [2.05, 4.69) is 114 Å². The smallest absolute Gasteiger partial charge is 0.305 e. The predicted molar refractivity (Wildman–Crippen MR) is 258 cm³/mol. The summed E-state index contributed by atoms with van der Waals surface area (Å²) in [6.45, 7) is 2.53. The molecule has 0 radical (unpaired) electrons. The molecular formula is C51H40N4O3S3. The first-order chi connectivity index (χ1) is 30.0. The summed E-state index contributed by atoms with van der Waals surface area (Å²) >= 11 is 5.01. The SMILES string of the molecule is CCOC(=O)CCCOc1cc(N(c2ccc(C=Cc3nc4ccccc4s3)cc2)c2ccc(C=Cc3nc4ccccc4s3)cc2)ccc1C=Cc1nc2ccccc2s1. The van der Waals surface area contributed by atoms with Gasteiger partial charge in [-0.1, -0.05) is 72.8 Å². The van der Waals surface area contributed by atoms with Crippen LogP contribution in [0, 0.1) is 0 Å². The number of carbonyl (C=O) groups is 1. The molecule has 0 N–H and O–H groups in total. The summed E-state index contributed by atoms with van der Waals surface area (Å²) in [5.74, 6) is 0.480. The number of aromatic nitrogens is 3. The maximum absolute atomic E-state index is 12.1. The monoisotopic (exact) mass is 852 g/mol. The summed E-state index contributed by atoms with van der Waals surface area (Å²) in [5, 5.41) is 2.85. The average Bonchev–Trinajstić information content (AvgIpc) is 4.03. The molecule has 7 nitrogen and oxygen atoms in total. The van der Waals surface area contributed by atoms with Gasteiger partial charge in [-0.15, -0.1) is 34.0 Å². The van der Waals surface area contributed by atoms with Crippen LogP contribution in [-0.4, -0.2) is 34.1 Å². The minimum atomic E-state index is -0.223. The molecule has 0 saturated carbocycles. The molecule has 3 aromatic heterocycles. The second kappa shape index (κ2) is 18.7. The number of benzene rings is 6. The predicted octanol–water partition coefficient (Wildman–Crippen LogP) is 14.2. The van der Waals surface area contributed by atoms with E-state index >= 15 is 0 Å². The Kier molecular flexibility index (Phi) is 12.2. The number of esters is 1. The summed E-state index contributed by atoms with van der Waals surface area (Å²) in [6, 6.07) is 47.9. The first-order valence-corrected chi connectivity index (χ1v) is 22.5. The van der Waals surface area contributed by atoms with Crippen molar-refractivity contribution >= 4 is 124 Å². The molecule has 0 aliphatic rings. The Morgan fingerprint density at radius 2 is 1.02 bits per heavy atom. The number of para-hydroxylation sites is 3. The quantitative estimate of drug-likeness (QED) is 0.0751. The van der Waals surface area contributed by atoms with Gasteiger partial charge < -0.3 is 14.4 Å². The molecule has 6 aromatic carbocycles. The average molecular weight is 853 g/mol. The number of anilines is 3. The summed E-state index contributed by atoms with van der Waals surface area (Å²) in [6.07, 6.45) is 13.3. The molecule has 0 aliphatic carbocycles. The lowest BCUT2D eigenvalue weighted by atomic mass is 10.1. The van der Waals surface area contributed by atoms with Gasteiger partial charge >= 0.3 is 5.97 Å². The lowest BCUT2D eigenvalue weighted by Gasteiger charge is -2.26. The van der Waals surface area contributed by atoms with Crippen molar-refractivity contribution in [2.24, 2.45) is 0 Å². The Labute approximate surface area is 366 Å². The van der Waals surface area contributed by atoms with E-state index < -0.39 is 0 Å². The van der Waals surface area contributed by atoms with Crippen LogP contribution >= 0.6 is 34.0 Å². The van der Waals surface area contributed by atoms with Crippen molar-refractivity contribution in [2.45, 2.75) is 19.8 Å². The van der Waals surface area contributed by atoms with E-state index in [0.29, 0.717) is 25.4 Å². The fourth-order valence-electron chi connectivity index (χ4n) is 6.85. The first-order valence-electron chi connectivity index (χ1n) is 20.1. The second-order valence-corrected chi connectivity index (χ2v) is 17.2. The van der Waals surface area contributed by atoms with E-state index in [1.807, 2.05) is 73.7 Å². The Balaban J connectivity index is 1.04. The fraction of sp³-hybridized carbons (Fsp3) is 0.0980. The highest BCUT2D eigenvalue weighted by molar-refractivity contribution is 7.20. The first kappa shape index (κ1) is 39.7. The van der Waals surface area contributed by atoms with Crippen LogP contribution < -0.4 is 9.64 Å². The maximum atomic E-state index is 12.1. The van der Waals surface area contributed by atoms with E-state index in [4.69, 9.17) is 24.4 Å². The van der Waals surface area contributed by atoms with Crippen molar-refractivity contribution < 1.29 is 14.3 Å². The third-order valence-corrected chi connectivity index (χ3v) is 12.8. The van der Waals surface area contributed by atoms with Crippen molar-refractivity contribution in [3.63, 3.8) is 0 Å². The number of nitrogens with zero attached hydrogens (tertiary/aromatic N) is 4. The van der Waals surface area contributed by atoms with Gasteiger partial charge in [0.15, 0.2) is 0 Å². The van der Waals surface area contributed by atoms with E-state index in [1.165, 1.54) is 9.40 Å². The standard InChI is InChI=1S/C51H40N4O3S3/c1-2-57-51(56)16-9-33-58-44-34-40(29-23-37(44)24-32-50-54-43-12-5-8-15-47(43)61-50)55(38-25-17-35(18-26-38)21-30-48-52-41-10-3-6-13-45(41)59-48)39-27-19-36(20-28-39)22-31-49-53-42-11-4-7-14-46(42)60-49/h3-8,10-15,17-32,34H,2,9,16,33H2,1H3. The number of ether oxygens (including phenoxy) is 2. The van der Waals surface area contributed by atoms with Crippen LogP contribution in [0.5, 0.6) is 5.75 Å². The van der Waals surface area contributed by atoms with Gasteiger partial charge in [0.25, 0.3) is 0 Å². The zero-order chi connectivity index (χ0) is 41.4. The van der Waals surface area contributed by atoms with Crippen LogP contribution in [0.2, 0.25) is 0 Å². The van der Waals surface area contributed by atoms with Crippen LogP contribution in [-0.2, 0) is 9.53 Å². The molecule has 10 heteroatoms. The lowest BCUT2D eigenvalue weighted by Crippen LogP contribution is -2.11. The maximum Gasteiger partial charge on any atom is 0.305 e. The molecule has 0 bridgehead atoms. The highest BCUT2D eigenvalue weighted by Crippen LogP contribution is 2.39. The summed E-state index contributed by atoms with van der Waals surface area (Å²) in [5.41, 5.74) is 8.94. The molecule has 0 amide bonds. The second-order valence-electron chi connectivity index (χ2n) is 14.1. The normalized spacial score (nSPS) is 11.8. The number of fused-ring (bicyclic) bond motifs is 3. The zero-order valence-corrected chi connectivity index (χ0v) is 35.8. The van der Waals surface area contributed by atoms with E-state index in [9.17, 15) is 4.79 Å². The number of rotatable bonds is 15. The van der Waals surface area contributed by atoms with Crippen molar-refractivity contribution in [1.82, 2.24) is 15.0 Å². The minimum Gasteiger partial charge on any atom is -0.493 e. The molecule has 0 spiro atoms. The van der Waals surface area contributed by atoms with Gasteiger partial charge in [-0.05, 0) is 122 Å². The van der Waals surface area contributed by atoms with Crippen molar-refractivity contribution in [3.8, 4) is 5.75 Å². The third-order valence-electron chi connectivity index (χ3n) is 9.82. The molecule has 3 heterocycles. The topological polar surface area (TPSA) is 77.4 Å². The van der Waals surface area contributed by atoms with Gasteiger partial charge in [0.2, 0.25) is 0 Å². The Hall–Kier alpha value is -6.72. The number of hydrogen-bond acceptors (Lipinski definition) is 10. The van der Waals surface area contributed by atoms with Gasteiger partial charge in [-0.25, -0.2) is 15.0 Å². The van der Waals surface area contributed by atoms with Crippen LogP contribution in [0.25, 0.3) is 67.1 Å². The third kappa shape index (κ3) is 9.68. The highest BCUT2D eigenvalue weighted by atomic mass is 32.1. The van der Waals surface area contributed by atoms with Crippen LogP contribution in [0.15, 0.2) is 140 Å². The van der Waals surface area contributed by atoms with Gasteiger partial charge in [-0.3, -0.25) is 4.79 Å². The number of carbonyl (C=O) groups excluding carboxylic acids is 1. The van der Waals surface area contributed by atoms with E-state index in [0.717, 1.165) is 70.0 Å². The zero-order valence-electron chi connectivity index (χ0n) is 33.3. The van der Waals surface area contributed by atoms with E-state index in [1.54, 1.807) is 34.0 Å². The van der Waals surface area contributed by atoms with Crippen molar-refractivity contribution in [1.29, 1.82) is 0 Å². The Morgan fingerprint density at radius 3 is 1.49 bits per heavy atom.